The highest BCUT2D eigenvalue weighted by atomic mass is 79.9. The predicted octanol–water partition coefficient (Wildman–Crippen LogP) is 1.85. The van der Waals surface area contributed by atoms with Crippen LogP contribution in [0, 0.1) is 0 Å². The number of likely N-dealkylation sites (N-methyl/N-ethyl adjacent to an activating group) is 1. The van der Waals surface area contributed by atoms with Crippen molar-refractivity contribution >= 4 is 21.8 Å². The van der Waals surface area contributed by atoms with E-state index in [0.717, 1.165) is 22.9 Å². The number of halogens is 1. The maximum atomic E-state index is 11.1. The fraction of sp³-hybridized carbons (Fsp3) is 0.462. The molecule has 0 aliphatic carbocycles. The van der Waals surface area contributed by atoms with Crippen LogP contribution in [0.5, 0.6) is 5.75 Å². The van der Waals surface area contributed by atoms with Crippen LogP contribution in [0.2, 0.25) is 0 Å². The molecule has 0 radical (unpaired) electrons. The summed E-state index contributed by atoms with van der Waals surface area (Å²) in [6.07, 6.45) is 1.79. The number of nitrogens with one attached hydrogen (secondary N) is 1. The number of ether oxygens (including phenoxy) is 1. The minimum absolute atomic E-state index is 0.0168. The maximum absolute atomic E-state index is 11.1. The monoisotopic (exact) mass is 314 g/mol. The van der Waals surface area contributed by atoms with Crippen molar-refractivity contribution < 1.29 is 9.53 Å². The van der Waals surface area contributed by atoms with Gasteiger partial charge in [-0.3, -0.25) is 4.79 Å². The molecule has 0 saturated carbocycles. The summed E-state index contributed by atoms with van der Waals surface area (Å²) < 4.78 is 6.23. The highest BCUT2D eigenvalue weighted by Crippen LogP contribution is 2.26. The number of hydrogen-bond acceptors (Lipinski definition) is 3. The van der Waals surface area contributed by atoms with Gasteiger partial charge in [0.2, 0.25) is 0 Å². The Kier molecular flexibility index (Phi) is 6.15. The first-order valence-corrected chi connectivity index (χ1v) is 6.73. The Balaban J connectivity index is 2.64. The number of hydrogen-bond donors (Lipinski definition) is 2. The van der Waals surface area contributed by atoms with Gasteiger partial charge >= 0.3 is 0 Å². The average molecular weight is 315 g/mol. The summed E-state index contributed by atoms with van der Waals surface area (Å²) in [7, 11) is 1.58. The molecular formula is C13H19BrN2O2. The van der Waals surface area contributed by atoms with E-state index in [1.165, 1.54) is 0 Å². The minimum atomic E-state index is -0.154. The number of carbonyl (C=O) groups excluding carboxylic acids is 1. The van der Waals surface area contributed by atoms with Crippen LogP contribution in [0.4, 0.5) is 0 Å². The van der Waals surface area contributed by atoms with Gasteiger partial charge in [-0.05, 0) is 46.5 Å². The lowest BCUT2D eigenvalue weighted by atomic mass is 10.0. The topological polar surface area (TPSA) is 64.3 Å². The molecule has 0 aliphatic heterocycles. The second-order valence-electron chi connectivity index (χ2n) is 4.10. The van der Waals surface area contributed by atoms with Gasteiger partial charge in [0.25, 0.3) is 5.91 Å². The van der Waals surface area contributed by atoms with Crippen LogP contribution in [0.25, 0.3) is 0 Å². The van der Waals surface area contributed by atoms with E-state index in [0.29, 0.717) is 5.75 Å². The molecule has 1 atom stereocenters. The fourth-order valence-electron chi connectivity index (χ4n) is 1.45. The highest BCUT2D eigenvalue weighted by molar-refractivity contribution is 9.10. The molecule has 0 saturated heterocycles. The summed E-state index contributed by atoms with van der Waals surface area (Å²) in [5, 5.41) is 2.50. The van der Waals surface area contributed by atoms with Crippen molar-refractivity contribution in [1.82, 2.24) is 5.32 Å². The van der Waals surface area contributed by atoms with Gasteiger partial charge in [-0.25, -0.2) is 0 Å². The van der Waals surface area contributed by atoms with Gasteiger partial charge in [-0.1, -0.05) is 13.0 Å². The number of carbonyl (C=O) groups is 1. The lowest BCUT2D eigenvalue weighted by Crippen LogP contribution is -2.25. The fourth-order valence-corrected chi connectivity index (χ4v) is 1.99. The third-order valence-electron chi connectivity index (χ3n) is 2.66. The van der Waals surface area contributed by atoms with E-state index in [9.17, 15) is 4.79 Å². The highest BCUT2D eigenvalue weighted by Gasteiger charge is 2.07. The molecule has 18 heavy (non-hydrogen) atoms. The third kappa shape index (κ3) is 4.66. The van der Waals surface area contributed by atoms with Gasteiger partial charge in [0, 0.05) is 13.1 Å². The first-order chi connectivity index (χ1) is 8.56. The van der Waals surface area contributed by atoms with E-state index in [1.807, 2.05) is 18.2 Å². The van der Waals surface area contributed by atoms with Crippen LogP contribution in [-0.2, 0) is 11.2 Å². The van der Waals surface area contributed by atoms with Crippen LogP contribution < -0.4 is 15.8 Å². The number of benzene rings is 1. The van der Waals surface area contributed by atoms with Crippen molar-refractivity contribution in [3.63, 3.8) is 0 Å². The number of rotatable bonds is 6. The van der Waals surface area contributed by atoms with Crippen LogP contribution >= 0.6 is 15.9 Å². The summed E-state index contributed by atoms with van der Waals surface area (Å²) in [5.41, 5.74) is 7.07. The molecule has 3 N–H and O–H groups in total. The first kappa shape index (κ1) is 15.0. The Labute approximate surface area is 116 Å². The average Bonchev–Trinajstić information content (AvgIpc) is 2.37. The largest absolute Gasteiger partial charge is 0.483 e. The zero-order chi connectivity index (χ0) is 13.5. The van der Waals surface area contributed by atoms with Crippen LogP contribution in [0.1, 0.15) is 18.9 Å². The SMILES string of the molecule is CCC(N)Cc1ccc(OCC(=O)NC)c(Br)c1. The molecule has 1 unspecified atom stereocenters. The zero-order valence-electron chi connectivity index (χ0n) is 10.7. The Hall–Kier alpha value is -1.07. The lowest BCUT2D eigenvalue weighted by Gasteiger charge is -2.11. The zero-order valence-corrected chi connectivity index (χ0v) is 12.3. The molecule has 1 aromatic carbocycles. The summed E-state index contributed by atoms with van der Waals surface area (Å²) in [6.45, 7) is 2.09. The van der Waals surface area contributed by atoms with Gasteiger partial charge in [-0.15, -0.1) is 0 Å². The maximum Gasteiger partial charge on any atom is 0.257 e. The molecular weight excluding hydrogens is 296 g/mol. The molecule has 0 heterocycles. The van der Waals surface area contributed by atoms with Gasteiger partial charge in [-0.2, -0.15) is 0 Å². The van der Waals surface area contributed by atoms with Gasteiger partial charge in [0.15, 0.2) is 6.61 Å². The van der Waals surface area contributed by atoms with Crippen LogP contribution in [0.3, 0.4) is 0 Å². The molecule has 1 rings (SSSR count). The smallest absolute Gasteiger partial charge is 0.257 e. The molecule has 1 aromatic rings. The van der Waals surface area contributed by atoms with Crippen LogP contribution in [-0.4, -0.2) is 25.6 Å². The first-order valence-electron chi connectivity index (χ1n) is 5.94. The van der Waals surface area contributed by atoms with Crippen molar-refractivity contribution in [2.24, 2.45) is 5.73 Å². The van der Waals surface area contributed by atoms with Gasteiger partial charge in [0.05, 0.1) is 4.47 Å². The molecule has 0 fully saturated rings. The molecule has 0 spiro atoms. The van der Waals surface area contributed by atoms with E-state index in [4.69, 9.17) is 10.5 Å². The van der Waals surface area contributed by atoms with Crippen molar-refractivity contribution in [3.8, 4) is 5.75 Å². The Morgan fingerprint density at radius 3 is 2.83 bits per heavy atom. The second kappa shape index (κ2) is 7.38. The summed E-state index contributed by atoms with van der Waals surface area (Å²) in [4.78, 5) is 11.1. The van der Waals surface area contributed by atoms with Crippen molar-refractivity contribution in [2.45, 2.75) is 25.8 Å². The predicted molar refractivity (Wildman–Crippen MR) is 75.7 cm³/mol. The standard InChI is InChI=1S/C13H19BrN2O2/c1-3-10(15)6-9-4-5-12(11(14)7-9)18-8-13(17)16-2/h4-5,7,10H,3,6,8,15H2,1-2H3,(H,16,17). The van der Waals surface area contributed by atoms with E-state index in [1.54, 1.807) is 7.05 Å². The number of nitrogens with two attached hydrogens (primary N) is 1. The Morgan fingerprint density at radius 2 is 2.28 bits per heavy atom. The third-order valence-corrected chi connectivity index (χ3v) is 3.28. The van der Waals surface area contributed by atoms with E-state index >= 15 is 0 Å². The molecule has 0 aromatic heterocycles. The van der Waals surface area contributed by atoms with E-state index in [-0.39, 0.29) is 18.6 Å². The summed E-state index contributed by atoms with van der Waals surface area (Å²) in [6, 6.07) is 5.98. The summed E-state index contributed by atoms with van der Waals surface area (Å²) >= 11 is 3.43. The number of amides is 1. The minimum Gasteiger partial charge on any atom is -0.483 e. The molecule has 0 aliphatic rings. The Bertz CT molecular complexity index is 410. The molecule has 100 valence electrons. The molecule has 0 bridgehead atoms. The van der Waals surface area contributed by atoms with E-state index in [2.05, 4.69) is 28.2 Å². The van der Waals surface area contributed by atoms with Crippen molar-refractivity contribution in [3.05, 3.63) is 28.2 Å². The van der Waals surface area contributed by atoms with Gasteiger partial charge in [0.1, 0.15) is 5.75 Å². The van der Waals surface area contributed by atoms with E-state index < -0.39 is 0 Å². The van der Waals surface area contributed by atoms with Crippen molar-refractivity contribution in [2.75, 3.05) is 13.7 Å². The quantitative estimate of drug-likeness (QED) is 0.842. The second-order valence-corrected chi connectivity index (χ2v) is 4.95. The van der Waals surface area contributed by atoms with Crippen molar-refractivity contribution in [1.29, 1.82) is 0 Å². The molecule has 5 heteroatoms. The Morgan fingerprint density at radius 1 is 1.56 bits per heavy atom. The normalized spacial score (nSPS) is 12.0. The van der Waals surface area contributed by atoms with Gasteiger partial charge < -0.3 is 15.8 Å². The summed E-state index contributed by atoms with van der Waals surface area (Å²) in [5.74, 6) is 0.506. The molecule has 1 amide bonds. The van der Waals surface area contributed by atoms with Crippen LogP contribution in [0.15, 0.2) is 22.7 Å². The molecule has 4 nitrogen and oxygen atoms in total. The lowest BCUT2D eigenvalue weighted by molar-refractivity contribution is -0.122.